The maximum atomic E-state index is 12.4. The Hall–Kier alpha value is -1.09. The van der Waals surface area contributed by atoms with Crippen LogP contribution in [0.1, 0.15) is 68.4 Å². The predicted molar refractivity (Wildman–Crippen MR) is 82.2 cm³/mol. The number of rotatable bonds is 4. The van der Waals surface area contributed by atoms with Crippen molar-refractivity contribution in [3.8, 4) is 0 Å². The summed E-state index contributed by atoms with van der Waals surface area (Å²) in [4.78, 5) is 16.7. The van der Waals surface area contributed by atoms with Crippen LogP contribution in [-0.4, -0.2) is 16.4 Å². The molecule has 0 aromatic carbocycles. The van der Waals surface area contributed by atoms with E-state index in [0.29, 0.717) is 10.7 Å². The molecule has 2 rings (SSSR count). The smallest absolute Gasteiger partial charge is 0.251 e. The largest absolute Gasteiger partial charge is 0.347 e. The molecule has 4 heteroatoms. The lowest BCUT2D eigenvalue weighted by atomic mass is 9.83. The molecule has 1 fully saturated rings. The molecule has 1 aliphatic rings. The van der Waals surface area contributed by atoms with Crippen molar-refractivity contribution in [1.29, 1.82) is 0 Å². The maximum Gasteiger partial charge on any atom is 0.251 e. The van der Waals surface area contributed by atoms with E-state index in [4.69, 9.17) is 11.6 Å². The summed E-state index contributed by atoms with van der Waals surface area (Å²) in [6.07, 6.45) is 7.60. The Kier molecular flexibility index (Phi) is 5.03. The molecule has 0 saturated heterocycles. The predicted octanol–water partition coefficient (Wildman–Crippen LogP) is 4.14. The fourth-order valence-corrected chi connectivity index (χ4v) is 3.10. The number of nitrogens with zero attached hydrogens (tertiary/aromatic N) is 1. The monoisotopic (exact) mass is 294 g/mol. The summed E-state index contributed by atoms with van der Waals surface area (Å²) in [6, 6.07) is 3.51. The van der Waals surface area contributed by atoms with Gasteiger partial charge in [0, 0.05) is 16.8 Å². The first-order chi connectivity index (χ1) is 9.52. The summed E-state index contributed by atoms with van der Waals surface area (Å²) in [6.45, 7) is 4.23. The van der Waals surface area contributed by atoms with Gasteiger partial charge in [-0.05, 0) is 38.3 Å². The average Bonchev–Trinajstić information content (AvgIpc) is 2.38. The number of nitrogens with one attached hydrogen (secondary N) is 1. The molecule has 1 amide bonds. The van der Waals surface area contributed by atoms with Crippen molar-refractivity contribution in [2.75, 3.05) is 0 Å². The molecule has 0 radical (unpaired) electrons. The normalized spacial score (nSPS) is 17.8. The van der Waals surface area contributed by atoms with Gasteiger partial charge in [-0.25, -0.2) is 4.98 Å². The van der Waals surface area contributed by atoms with Gasteiger partial charge in [-0.3, -0.25) is 4.79 Å². The van der Waals surface area contributed by atoms with Crippen molar-refractivity contribution in [3.05, 3.63) is 28.5 Å². The van der Waals surface area contributed by atoms with Gasteiger partial charge in [0.25, 0.3) is 5.91 Å². The van der Waals surface area contributed by atoms with E-state index in [9.17, 15) is 4.79 Å². The van der Waals surface area contributed by atoms with Crippen molar-refractivity contribution >= 4 is 17.5 Å². The molecule has 1 N–H and O–H groups in total. The van der Waals surface area contributed by atoms with Crippen molar-refractivity contribution in [3.63, 3.8) is 0 Å². The van der Waals surface area contributed by atoms with Crippen LogP contribution in [0.2, 0.25) is 5.15 Å². The Labute approximate surface area is 126 Å². The molecule has 1 saturated carbocycles. The lowest BCUT2D eigenvalue weighted by Crippen LogP contribution is -2.47. The number of hydrogen-bond acceptors (Lipinski definition) is 2. The topological polar surface area (TPSA) is 42.0 Å². The van der Waals surface area contributed by atoms with Crippen LogP contribution >= 0.6 is 11.6 Å². The minimum absolute atomic E-state index is 0.0314. The zero-order valence-electron chi connectivity index (χ0n) is 12.3. The van der Waals surface area contributed by atoms with Gasteiger partial charge in [0.1, 0.15) is 5.15 Å². The Bertz CT molecular complexity index is 481. The molecular formula is C16H23ClN2O. The molecular weight excluding hydrogens is 272 g/mol. The third-order valence-electron chi connectivity index (χ3n) is 3.99. The van der Waals surface area contributed by atoms with Crippen LogP contribution in [0.5, 0.6) is 0 Å². The molecule has 1 aromatic heterocycles. The molecule has 0 unspecified atom stereocenters. The van der Waals surface area contributed by atoms with Crippen LogP contribution in [0.3, 0.4) is 0 Å². The van der Waals surface area contributed by atoms with E-state index in [-0.39, 0.29) is 11.4 Å². The summed E-state index contributed by atoms with van der Waals surface area (Å²) in [5, 5.41) is 3.58. The SMILES string of the molecule is CCCc1cc(C(=O)NC2(C)CCCCC2)cc(Cl)n1. The number of amides is 1. The molecule has 110 valence electrons. The third-order valence-corrected chi connectivity index (χ3v) is 4.18. The van der Waals surface area contributed by atoms with Crippen LogP contribution in [-0.2, 0) is 6.42 Å². The minimum atomic E-state index is -0.0734. The first-order valence-corrected chi connectivity index (χ1v) is 7.89. The Morgan fingerprint density at radius 2 is 2.05 bits per heavy atom. The van der Waals surface area contributed by atoms with Crippen molar-refractivity contribution in [1.82, 2.24) is 10.3 Å². The Morgan fingerprint density at radius 1 is 1.35 bits per heavy atom. The molecule has 0 bridgehead atoms. The standard InChI is InChI=1S/C16H23ClN2O/c1-3-7-13-10-12(11-14(17)18-13)15(20)19-16(2)8-5-4-6-9-16/h10-11H,3-9H2,1-2H3,(H,19,20). The Balaban J connectivity index is 2.12. The van der Waals surface area contributed by atoms with Crippen molar-refractivity contribution < 1.29 is 4.79 Å². The third kappa shape index (κ3) is 3.95. The van der Waals surface area contributed by atoms with E-state index in [1.165, 1.54) is 19.3 Å². The van der Waals surface area contributed by atoms with Crippen molar-refractivity contribution in [2.45, 2.75) is 64.3 Å². The van der Waals surface area contributed by atoms with Crippen LogP contribution in [0.15, 0.2) is 12.1 Å². The summed E-state index contributed by atoms with van der Waals surface area (Å²) >= 11 is 6.02. The highest BCUT2D eigenvalue weighted by Gasteiger charge is 2.28. The van der Waals surface area contributed by atoms with E-state index in [2.05, 4.69) is 24.1 Å². The average molecular weight is 295 g/mol. The zero-order valence-corrected chi connectivity index (χ0v) is 13.1. The van der Waals surface area contributed by atoms with Gasteiger partial charge >= 0.3 is 0 Å². The highest BCUT2D eigenvalue weighted by molar-refractivity contribution is 6.29. The molecule has 20 heavy (non-hydrogen) atoms. The van der Waals surface area contributed by atoms with Gasteiger partial charge in [-0.15, -0.1) is 0 Å². The van der Waals surface area contributed by atoms with Gasteiger partial charge in [0.05, 0.1) is 0 Å². The molecule has 3 nitrogen and oxygen atoms in total. The summed E-state index contributed by atoms with van der Waals surface area (Å²) in [5.74, 6) is -0.0314. The number of carbonyl (C=O) groups excluding carboxylic acids is 1. The number of aryl methyl sites for hydroxylation is 1. The summed E-state index contributed by atoms with van der Waals surface area (Å²) < 4.78 is 0. The summed E-state index contributed by atoms with van der Waals surface area (Å²) in [5.41, 5.74) is 1.44. The van der Waals surface area contributed by atoms with E-state index in [1.54, 1.807) is 6.07 Å². The lowest BCUT2D eigenvalue weighted by molar-refractivity contribution is 0.0882. The fourth-order valence-electron chi connectivity index (χ4n) is 2.87. The van der Waals surface area contributed by atoms with Gasteiger partial charge < -0.3 is 5.32 Å². The molecule has 0 spiro atoms. The number of halogens is 1. The highest BCUT2D eigenvalue weighted by Crippen LogP contribution is 2.28. The van der Waals surface area contributed by atoms with Crippen LogP contribution in [0.4, 0.5) is 0 Å². The van der Waals surface area contributed by atoms with Gasteiger partial charge in [-0.2, -0.15) is 0 Å². The quantitative estimate of drug-likeness (QED) is 0.848. The van der Waals surface area contributed by atoms with Gasteiger partial charge in [0.15, 0.2) is 0 Å². The Morgan fingerprint density at radius 3 is 2.70 bits per heavy atom. The van der Waals surface area contributed by atoms with Crippen LogP contribution in [0.25, 0.3) is 0 Å². The van der Waals surface area contributed by atoms with E-state index >= 15 is 0 Å². The molecule has 1 aromatic rings. The van der Waals surface area contributed by atoms with E-state index < -0.39 is 0 Å². The van der Waals surface area contributed by atoms with Crippen LogP contribution < -0.4 is 5.32 Å². The second-order valence-corrected chi connectivity index (χ2v) is 6.38. The number of hydrogen-bond donors (Lipinski definition) is 1. The second kappa shape index (κ2) is 6.57. The van der Waals surface area contributed by atoms with Crippen LogP contribution in [0, 0.1) is 0 Å². The zero-order chi connectivity index (χ0) is 14.6. The number of aromatic nitrogens is 1. The lowest BCUT2D eigenvalue weighted by Gasteiger charge is -2.34. The van der Waals surface area contributed by atoms with Gasteiger partial charge in [-0.1, -0.05) is 44.2 Å². The molecule has 0 aliphatic heterocycles. The first-order valence-electron chi connectivity index (χ1n) is 7.51. The molecule has 1 aliphatic carbocycles. The number of carbonyl (C=O) groups is 1. The van der Waals surface area contributed by atoms with E-state index in [1.807, 2.05) is 6.07 Å². The van der Waals surface area contributed by atoms with Gasteiger partial charge in [0.2, 0.25) is 0 Å². The second-order valence-electron chi connectivity index (χ2n) is 6.00. The maximum absolute atomic E-state index is 12.4. The van der Waals surface area contributed by atoms with E-state index in [0.717, 1.165) is 31.4 Å². The molecule has 0 atom stereocenters. The molecule has 1 heterocycles. The first kappa shape index (κ1) is 15.3. The minimum Gasteiger partial charge on any atom is -0.347 e. The number of pyridine rings is 1. The van der Waals surface area contributed by atoms with Crippen molar-refractivity contribution in [2.24, 2.45) is 0 Å². The highest BCUT2D eigenvalue weighted by atomic mass is 35.5. The summed E-state index contributed by atoms with van der Waals surface area (Å²) in [7, 11) is 0. The fraction of sp³-hybridized carbons (Fsp3) is 0.625.